The molecule has 0 radical (unpaired) electrons. The van der Waals surface area contributed by atoms with E-state index in [-0.39, 0.29) is 17.7 Å². The second kappa shape index (κ2) is 8.61. The van der Waals surface area contributed by atoms with Gasteiger partial charge in [-0.2, -0.15) is 0 Å². The molecule has 1 unspecified atom stereocenters. The highest BCUT2D eigenvalue weighted by molar-refractivity contribution is 6.02. The van der Waals surface area contributed by atoms with E-state index < -0.39 is 0 Å². The van der Waals surface area contributed by atoms with Gasteiger partial charge in [-0.15, -0.1) is 0 Å². The van der Waals surface area contributed by atoms with Gasteiger partial charge < -0.3 is 15.0 Å². The Morgan fingerprint density at radius 1 is 1.25 bits per heavy atom. The van der Waals surface area contributed by atoms with Crippen LogP contribution < -0.4 is 10.1 Å². The average Bonchev–Trinajstić information content (AvgIpc) is 3.30. The van der Waals surface area contributed by atoms with Crippen molar-refractivity contribution in [3.63, 3.8) is 0 Å². The first-order valence-corrected chi connectivity index (χ1v) is 9.78. The maximum atomic E-state index is 12.8. The van der Waals surface area contributed by atoms with Crippen LogP contribution in [0, 0.1) is 13.8 Å². The van der Waals surface area contributed by atoms with Crippen molar-refractivity contribution in [2.45, 2.75) is 39.7 Å². The number of likely N-dealkylation sites (tertiary alicyclic amines) is 1. The molecule has 0 aliphatic carbocycles. The number of hydrogen-bond acceptors (Lipinski definition) is 4. The number of aromatic amines is 1. The van der Waals surface area contributed by atoms with Crippen LogP contribution in [0.2, 0.25) is 0 Å². The third kappa shape index (κ3) is 4.12. The number of rotatable bonds is 7. The third-order valence-corrected chi connectivity index (χ3v) is 5.53. The zero-order valence-electron chi connectivity index (χ0n) is 17.1. The first-order valence-electron chi connectivity index (χ1n) is 9.78. The van der Waals surface area contributed by atoms with Crippen LogP contribution >= 0.6 is 0 Å². The molecule has 2 aromatic rings. The van der Waals surface area contributed by atoms with Crippen LogP contribution in [-0.4, -0.2) is 48.3 Å². The number of Topliss-reactive ketones (excluding diaryl/α,β-unsaturated/α-hetero) is 1. The molecular formula is C22H29N3O3. The number of carbonyl (C=O) groups is 2. The largest absolute Gasteiger partial charge is 0.497 e. The molecule has 1 aromatic carbocycles. The molecule has 2 heterocycles. The number of carbonyl (C=O) groups excluding carboxylic acids is 2. The molecule has 3 rings (SSSR count). The molecule has 1 aliphatic heterocycles. The molecule has 6 nitrogen and oxygen atoms in total. The van der Waals surface area contributed by atoms with Gasteiger partial charge in [-0.1, -0.05) is 12.1 Å². The van der Waals surface area contributed by atoms with Gasteiger partial charge >= 0.3 is 0 Å². The van der Waals surface area contributed by atoms with Crippen molar-refractivity contribution in [3.05, 3.63) is 52.3 Å². The molecule has 1 fully saturated rings. The molecule has 6 heteroatoms. The first kappa shape index (κ1) is 20.1. The van der Waals surface area contributed by atoms with Gasteiger partial charge in [0.25, 0.3) is 5.91 Å². The number of hydrogen-bond donors (Lipinski definition) is 2. The monoisotopic (exact) mass is 383 g/mol. The summed E-state index contributed by atoms with van der Waals surface area (Å²) in [6.07, 6.45) is 2.34. The highest BCUT2D eigenvalue weighted by Crippen LogP contribution is 2.27. The third-order valence-electron chi connectivity index (χ3n) is 5.53. The van der Waals surface area contributed by atoms with Crippen LogP contribution in [0.25, 0.3) is 0 Å². The van der Waals surface area contributed by atoms with Gasteiger partial charge in [0.15, 0.2) is 5.78 Å². The van der Waals surface area contributed by atoms with E-state index in [9.17, 15) is 9.59 Å². The Hall–Kier alpha value is -2.60. The summed E-state index contributed by atoms with van der Waals surface area (Å²) >= 11 is 0. The van der Waals surface area contributed by atoms with Crippen molar-refractivity contribution in [2.24, 2.45) is 0 Å². The van der Waals surface area contributed by atoms with Gasteiger partial charge in [-0.05, 0) is 70.0 Å². The predicted molar refractivity (Wildman–Crippen MR) is 109 cm³/mol. The zero-order valence-corrected chi connectivity index (χ0v) is 17.1. The van der Waals surface area contributed by atoms with E-state index in [0.29, 0.717) is 23.4 Å². The first-order chi connectivity index (χ1) is 13.4. The fourth-order valence-corrected chi connectivity index (χ4v) is 4.14. The Bertz CT molecular complexity index is 866. The van der Waals surface area contributed by atoms with Crippen molar-refractivity contribution in [1.29, 1.82) is 0 Å². The van der Waals surface area contributed by atoms with Gasteiger partial charge in [-0.25, -0.2) is 0 Å². The van der Waals surface area contributed by atoms with Crippen molar-refractivity contribution in [3.8, 4) is 5.75 Å². The summed E-state index contributed by atoms with van der Waals surface area (Å²) in [6, 6.07) is 8.11. The van der Waals surface area contributed by atoms with E-state index in [1.54, 1.807) is 7.11 Å². The number of amides is 1. The molecule has 0 bridgehead atoms. The van der Waals surface area contributed by atoms with E-state index in [4.69, 9.17) is 4.74 Å². The second-order valence-electron chi connectivity index (χ2n) is 7.43. The summed E-state index contributed by atoms with van der Waals surface area (Å²) in [5.74, 6) is 0.603. The average molecular weight is 383 g/mol. The fraction of sp³-hybridized carbons (Fsp3) is 0.455. The zero-order chi connectivity index (χ0) is 20.3. The van der Waals surface area contributed by atoms with Gasteiger partial charge in [0, 0.05) is 17.8 Å². The van der Waals surface area contributed by atoms with Crippen molar-refractivity contribution in [2.75, 3.05) is 26.7 Å². The minimum Gasteiger partial charge on any atom is -0.497 e. The van der Waals surface area contributed by atoms with Crippen molar-refractivity contribution < 1.29 is 14.3 Å². The summed E-state index contributed by atoms with van der Waals surface area (Å²) in [5.41, 5.74) is 3.65. The van der Waals surface area contributed by atoms with E-state index in [1.165, 1.54) is 19.8 Å². The van der Waals surface area contributed by atoms with Gasteiger partial charge in [-0.3, -0.25) is 14.5 Å². The minimum absolute atomic E-state index is 0.0309. The molecule has 1 atom stereocenters. The second-order valence-corrected chi connectivity index (χ2v) is 7.43. The standard InChI is InChI=1S/C22H29N3O3/c1-14-20(16(3)26)15(2)24-21(14)22(27)23-13-19(25-10-5-6-11-25)17-8-7-9-18(12-17)28-4/h7-9,12,19,24H,5-6,10-11,13H2,1-4H3,(H,23,27). The number of H-pyrrole nitrogens is 1. The number of ether oxygens (including phenoxy) is 1. The number of aromatic nitrogens is 1. The Labute approximate surface area is 166 Å². The van der Waals surface area contributed by atoms with Crippen molar-refractivity contribution in [1.82, 2.24) is 15.2 Å². The van der Waals surface area contributed by atoms with Gasteiger partial charge in [0.1, 0.15) is 11.4 Å². The lowest BCUT2D eigenvalue weighted by Gasteiger charge is -2.28. The Kier molecular flexibility index (Phi) is 6.19. The Morgan fingerprint density at radius 2 is 1.96 bits per heavy atom. The maximum absolute atomic E-state index is 12.8. The van der Waals surface area contributed by atoms with Crippen LogP contribution in [0.15, 0.2) is 24.3 Å². The SMILES string of the molecule is COc1cccc(C(CNC(=O)c2[nH]c(C)c(C(C)=O)c2C)N2CCCC2)c1. The lowest BCUT2D eigenvalue weighted by atomic mass is 10.0. The molecule has 0 saturated carbocycles. The smallest absolute Gasteiger partial charge is 0.268 e. The van der Waals surface area contributed by atoms with E-state index in [0.717, 1.165) is 30.1 Å². The highest BCUT2D eigenvalue weighted by atomic mass is 16.5. The lowest BCUT2D eigenvalue weighted by molar-refractivity contribution is 0.0932. The summed E-state index contributed by atoms with van der Waals surface area (Å²) in [5, 5.41) is 3.07. The van der Waals surface area contributed by atoms with Crippen LogP contribution in [0.4, 0.5) is 0 Å². The molecule has 150 valence electrons. The summed E-state index contributed by atoms with van der Waals surface area (Å²) in [4.78, 5) is 30.2. The molecule has 1 aromatic heterocycles. The molecule has 1 aliphatic rings. The highest BCUT2D eigenvalue weighted by Gasteiger charge is 2.26. The molecule has 0 spiro atoms. The molecular weight excluding hydrogens is 354 g/mol. The van der Waals surface area contributed by atoms with Gasteiger partial charge in [0.2, 0.25) is 0 Å². The molecule has 2 N–H and O–H groups in total. The normalized spacial score (nSPS) is 15.4. The predicted octanol–water partition coefficient (Wildman–Crippen LogP) is 3.41. The van der Waals surface area contributed by atoms with Crippen LogP contribution in [-0.2, 0) is 0 Å². The summed E-state index contributed by atoms with van der Waals surface area (Å²) in [6.45, 7) is 7.70. The number of benzene rings is 1. The number of methoxy groups -OCH3 is 1. The topological polar surface area (TPSA) is 74.4 Å². The number of nitrogens with zero attached hydrogens (tertiary/aromatic N) is 1. The number of ketones is 1. The van der Waals surface area contributed by atoms with Crippen LogP contribution in [0.3, 0.4) is 0 Å². The van der Waals surface area contributed by atoms with E-state index in [2.05, 4.69) is 21.3 Å². The quantitative estimate of drug-likeness (QED) is 0.719. The van der Waals surface area contributed by atoms with E-state index in [1.807, 2.05) is 32.0 Å². The maximum Gasteiger partial charge on any atom is 0.268 e. The van der Waals surface area contributed by atoms with Gasteiger partial charge in [0.05, 0.1) is 13.2 Å². The molecule has 1 amide bonds. The lowest BCUT2D eigenvalue weighted by Crippen LogP contribution is -2.37. The Morgan fingerprint density at radius 3 is 2.57 bits per heavy atom. The fourth-order valence-electron chi connectivity index (χ4n) is 4.14. The number of nitrogens with one attached hydrogen (secondary N) is 2. The van der Waals surface area contributed by atoms with Crippen LogP contribution in [0.1, 0.15) is 63.5 Å². The minimum atomic E-state index is -0.180. The summed E-state index contributed by atoms with van der Waals surface area (Å²) in [7, 11) is 1.66. The van der Waals surface area contributed by atoms with Crippen LogP contribution in [0.5, 0.6) is 5.75 Å². The van der Waals surface area contributed by atoms with Crippen molar-refractivity contribution >= 4 is 11.7 Å². The van der Waals surface area contributed by atoms with E-state index >= 15 is 0 Å². The number of aryl methyl sites for hydroxylation is 1. The molecule has 1 saturated heterocycles. The molecule has 28 heavy (non-hydrogen) atoms. The Balaban J connectivity index is 1.79. The summed E-state index contributed by atoms with van der Waals surface area (Å²) < 4.78 is 5.37.